The van der Waals surface area contributed by atoms with Crippen LogP contribution in [0.2, 0.25) is 5.02 Å². The summed E-state index contributed by atoms with van der Waals surface area (Å²) in [7, 11) is 1.42. The van der Waals surface area contributed by atoms with E-state index in [1.54, 1.807) is 6.07 Å². The fourth-order valence-electron chi connectivity index (χ4n) is 7.18. The van der Waals surface area contributed by atoms with Gasteiger partial charge in [-0.3, -0.25) is 0 Å². The molecule has 2 fully saturated rings. The van der Waals surface area contributed by atoms with Crippen LogP contribution in [0.15, 0.2) is 36.4 Å². The van der Waals surface area contributed by atoms with Crippen LogP contribution in [0.4, 0.5) is 5.69 Å². The average Bonchev–Trinajstić information content (AvgIpc) is 3.05. The van der Waals surface area contributed by atoms with Gasteiger partial charge in [-0.25, -0.2) is 4.79 Å². The van der Waals surface area contributed by atoms with Crippen molar-refractivity contribution in [1.82, 2.24) is 0 Å². The van der Waals surface area contributed by atoms with Crippen molar-refractivity contribution in [1.29, 1.82) is 0 Å². The van der Waals surface area contributed by atoms with Crippen LogP contribution in [0.1, 0.15) is 60.5 Å². The number of hydrogen-bond donors (Lipinski definition) is 1. The van der Waals surface area contributed by atoms with Crippen LogP contribution in [0, 0.1) is 17.8 Å². The van der Waals surface area contributed by atoms with Crippen molar-refractivity contribution < 1.29 is 24.1 Å². The third-order valence-corrected chi connectivity index (χ3v) is 9.81. The Bertz CT molecular complexity index is 1200. The second-order valence-corrected chi connectivity index (χ2v) is 12.4. The summed E-state index contributed by atoms with van der Waals surface area (Å²) in [4.78, 5) is 14.9. The number of carbonyl (C=O) groups is 1. The molecule has 0 amide bonds. The number of hydrogen-bond acceptors (Lipinski definition) is 6. The third kappa shape index (κ3) is 4.69. The lowest BCUT2D eigenvalue weighted by Crippen LogP contribution is -2.51. The summed E-state index contributed by atoms with van der Waals surface area (Å²) in [5.74, 6) is 1.55. The van der Waals surface area contributed by atoms with Crippen LogP contribution in [0.5, 0.6) is 5.75 Å². The molecule has 4 aliphatic rings. The molecule has 38 heavy (non-hydrogen) atoms. The first-order valence-corrected chi connectivity index (χ1v) is 14.4. The van der Waals surface area contributed by atoms with E-state index >= 15 is 0 Å². The fraction of sp³-hybridized carbons (Fsp3) is 0.581. The number of halogens is 1. The maximum absolute atomic E-state index is 12.5. The number of anilines is 1. The van der Waals surface area contributed by atoms with E-state index in [2.05, 4.69) is 24.0 Å². The van der Waals surface area contributed by atoms with Crippen molar-refractivity contribution in [2.45, 2.75) is 63.1 Å². The van der Waals surface area contributed by atoms with Crippen molar-refractivity contribution in [2.75, 3.05) is 38.3 Å². The molecule has 6 atom stereocenters. The number of methoxy groups -OCH3 is 1. The molecule has 2 aromatic rings. The van der Waals surface area contributed by atoms with Crippen LogP contribution in [-0.2, 0) is 21.3 Å². The molecule has 1 unspecified atom stereocenters. The first kappa shape index (κ1) is 26.0. The van der Waals surface area contributed by atoms with Gasteiger partial charge < -0.3 is 24.2 Å². The lowest BCUT2D eigenvalue weighted by molar-refractivity contribution is -0.124. The minimum atomic E-state index is -0.343. The summed E-state index contributed by atoms with van der Waals surface area (Å²) in [6.07, 6.45) is 5.95. The van der Waals surface area contributed by atoms with Crippen LogP contribution in [-0.4, -0.2) is 56.7 Å². The van der Waals surface area contributed by atoms with E-state index < -0.39 is 0 Å². The zero-order valence-electron chi connectivity index (χ0n) is 22.3. The Hall–Kier alpha value is -2.28. The third-order valence-electron chi connectivity index (χ3n) is 9.57. The quantitative estimate of drug-likeness (QED) is 0.524. The predicted octanol–water partition coefficient (Wildman–Crippen LogP) is 5.41. The number of benzene rings is 2. The summed E-state index contributed by atoms with van der Waals surface area (Å²) in [5, 5.41) is 11.3. The number of ether oxygens (including phenoxy) is 3. The van der Waals surface area contributed by atoms with Gasteiger partial charge in [0, 0.05) is 35.9 Å². The summed E-state index contributed by atoms with van der Waals surface area (Å²) >= 11 is 6.39. The summed E-state index contributed by atoms with van der Waals surface area (Å²) in [6, 6.07) is 11.9. The molecule has 2 heterocycles. The topological polar surface area (TPSA) is 68.2 Å². The molecule has 6 rings (SSSR count). The van der Waals surface area contributed by atoms with Gasteiger partial charge in [0.1, 0.15) is 5.75 Å². The Kier molecular flexibility index (Phi) is 7.08. The van der Waals surface area contributed by atoms with Gasteiger partial charge in [0.25, 0.3) is 0 Å². The van der Waals surface area contributed by atoms with Crippen molar-refractivity contribution >= 4 is 23.3 Å². The monoisotopic (exact) mass is 539 g/mol. The van der Waals surface area contributed by atoms with E-state index in [0.29, 0.717) is 37.0 Å². The zero-order valence-corrected chi connectivity index (χ0v) is 23.1. The van der Waals surface area contributed by atoms with Crippen LogP contribution < -0.4 is 9.64 Å². The fourth-order valence-corrected chi connectivity index (χ4v) is 7.37. The van der Waals surface area contributed by atoms with E-state index in [0.717, 1.165) is 61.7 Å². The van der Waals surface area contributed by atoms with Gasteiger partial charge in [0.2, 0.25) is 0 Å². The molecule has 0 bridgehead atoms. The van der Waals surface area contributed by atoms with Crippen LogP contribution >= 0.6 is 11.6 Å². The SMILES string of the molecule is COC(=O)c1ccc2c(c1)N(C[C@@H]1CC[C@H]1[C@H]1C[C@@H](O)[C@@H](C)CO1)CC1(CCCc3cc(Cl)ccc31)CO2. The number of nitrogens with zero attached hydrogens (tertiary/aromatic N) is 1. The second kappa shape index (κ2) is 10.4. The van der Waals surface area contributed by atoms with Gasteiger partial charge in [-0.15, -0.1) is 0 Å². The number of aliphatic hydroxyl groups is 1. The van der Waals surface area contributed by atoms with Crippen molar-refractivity contribution in [2.24, 2.45) is 17.8 Å². The van der Waals surface area contributed by atoms with Crippen molar-refractivity contribution in [3.63, 3.8) is 0 Å². The van der Waals surface area contributed by atoms with Crippen molar-refractivity contribution in [3.05, 3.63) is 58.1 Å². The normalized spacial score (nSPS) is 32.4. The minimum absolute atomic E-state index is 0.107. The van der Waals surface area contributed by atoms with E-state index in [4.69, 9.17) is 25.8 Å². The van der Waals surface area contributed by atoms with Gasteiger partial charge in [0.15, 0.2) is 0 Å². The highest BCUT2D eigenvalue weighted by Gasteiger charge is 2.45. The highest BCUT2D eigenvalue weighted by molar-refractivity contribution is 6.30. The zero-order chi connectivity index (χ0) is 26.4. The molecule has 1 spiro atoms. The molecule has 204 valence electrons. The molecule has 1 saturated heterocycles. The van der Waals surface area contributed by atoms with Gasteiger partial charge in [-0.05, 0) is 85.4 Å². The number of aliphatic hydroxyl groups excluding tert-OH is 1. The second-order valence-electron chi connectivity index (χ2n) is 11.9. The average molecular weight is 540 g/mol. The Morgan fingerprint density at radius 3 is 2.87 bits per heavy atom. The Morgan fingerprint density at radius 1 is 1.24 bits per heavy atom. The molecular formula is C31H38ClNO5. The summed E-state index contributed by atoms with van der Waals surface area (Å²) < 4.78 is 17.8. The molecule has 2 aliphatic heterocycles. The van der Waals surface area contributed by atoms with E-state index in [-0.39, 0.29) is 29.5 Å². The molecule has 1 N–H and O–H groups in total. The minimum Gasteiger partial charge on any atom is -0.490 e. The molecule has 1 saturated carbocycles. The van der Waals surface area contributed by atoms with Gasteiger partial charge >= 0.3 is 5.97 Å². The number of esters is 1. The molecule has 7 heteroatoms. The lowest BCUT2D eigenvalue weighted by atomic mass is 9.67. The van der Waals surface area contributed by atoms with Gasteiger partial charge in [0.05, 0.1) is 43.8 Å². The molecular weight excluding hydrogens is 502 g/mol. The highest BCUT2D eigenvalue weighted by Crippen LogP contribution is 2.47. The summed E-state index contributed by atoms with van der Waals surface area (Å²) in [5.41, 5.74) is 3.97. The van der Waals surface area contributed by atoms with Crippen LogP contribution in [0.3, 0.4) is 0 Å². The van der Waals surface area contributed by atoms with E-state index in [9.17, 15) is 9.90 Å². The molecule has 6 nitrogen and oxygen atoms in total. The van der Waals surface area contributed by atoms with Crippen LogP contribution in [0.25, 0.3) is 0 Å². The predicted molar refractivity (Wildman–Crippen MR) is 147 cm³/mol. The Labute approximate surface area is 230 Å². The number of carbonyl (C=O) groups excluding carboxylic acids is 1. The first-order valence-electron chi connectivity index (χ1n) is 14.1. The molecule has 0 radical (unpaired) electrons. The Balaban J connectivity index is 1.33. The maximum atomic E-state index is 12.5. The maximum Gasteiger partial charge on any atom is 0.337 e. The molecule has 2 aromatic carbocycles. The molecule has 0 aromatic heterocycles. The Morgan fingerprint density at radius 2 is 2.11 bits per heavy atom. The lowest BCUT2D eigenvalue weighted by Gasteiger charge is -2.48. The smallest absolute Gasteiger partial charge is 0.337 e. The van der Waals surface area contributed by atoms with E-state index in [1.165, 1.54) is 18.2 Å². The number of fused-ring (bicyclic) bond motifs is 3. The number of aryl methyl sites for hydroxylation is 1. The first-order chi connectivity index (χ1) is 18.4. The van der Waals surface area contributed by atoms with Crippen molar-refractivity contribution in [3.8, 4) is 5.75 Å². The summed E-state index contributed by atoms with van der Waals surface area (Å²) in [6.45, 7) is 4.95. The van der Waals surface area contributed by atoms with Gasteiger partial charge in [-0.2, -0.15) is 0 Å². The number of rotatable bonds is 4. The van der Waals surface area contributed by atoms with Gasteiger partial charge in [-0.1, -0.05) is 24.6 Å². The highest BCUT2D eigenvalue weighted by atomic mass is 35.5. The largest absolute Gasteiger partial charge is 0.490 e. The van der Waals surface area contributed by atoms with E-state index in [1.807, 2.05) is 18.2 Å². The standard InChI is InChI=1S/C31H38ClNO5/c1-19-16-37-29(14-27(19)34)24-8-5-22(24)15-33-17-31(11-3-4-20-12-23(32)7-9-25(20)31)18-38-28-10-6-21(13-26(28)33)30(35)36-2/h6-7,9-10,12-13,19,22,24,27,29,34H,3-5,8,11,14-18H2,1-2H3/t19-,22-,24+,27+,29+,31?/m0/s1. The molecule has 2 aliphatic carbocycles.